The highest BCUT2D eigenvalue weighted by molar-refractivity contribution is 5.84. The van der Waals surface area contributed by atoms with Crippen molar-refractivity contribution in [2.45, 2.75) is 44.7 Å². The van der Waals surface area contributed by atoms with Crippen molar-refractivity contribution >= 4 is 5.91 Å². The number of hydrogen-bond acceptors (Lipinski definition) is 5. The molecule has 0 radical (unpaired) electrons. The number of benzene rings is 1. The van der Waals surface area contributed by atoms with Gasteiger partial charge in [-0.2, -0.15) is 0 Å². The smallest absolute Gasteiger partial charge is 0.230 e. The summed E-state index contributed by atoms with van der Waals surface area (Å²) in [7, 11) is 5.52. The van der Waals surface area contributed by atoms with E-state index in [2.05, 4.69) is 21.7 Å². The first-order valence-electron chi connectivity index (χ1n) is 11.0. The Kier molecular flexibility index (Phi) is 6.02. The third-order valence-electron chi connectivity index (χ3n) is 7.26. The number of ether oxygens (including phenoxy) is 2. The van der Waals surface area contributed by atoms with Crippen LogP contribution >= 0.6 is 0 Å². The van der Waals surface area contributed by atoms with Crippen molar-refractivity contribution in [3.8, 4) is 11.5 Å². The van der Waals surface area contributed by atoms with E-state index in [4.69, 9.17) is 9.47 Å². The van der Waals surface area contributed by atoms with Gasteiger partial charge in [0.25, 0.3) is 0 Å². The van der Waals surface area contributed by atoms with Crippen molar-refractivity contribution in [2.75, 3.05) is 54.0 Å². The van der Waals surface area contributed by atoms with E-state index in [1.165, 1.54) is 25.9 Å². The van der Waals surface area contributed by atoms with Crippen LogP contribution in [0.5, 0.6) is 11.5 Å². The SMILES string of the molecule is COc1cccc(CN2CCC[C@@]3(CCN(C4CCN(C)CC4)C3)C2=O)c1OC. The van der Waals surface area contributed by atoms with Crippen molar-refractivity contribution < 1.29 is 14.3 Å². The lowest BCUT2D eigenvalue weighted by atomic mass is 9.78. The van der Waals surface area contributed by atoms with Gasteiger partial charge in [-0.05, 0) is 64.9 Å². The number of carbonyl (C=O) groups excluding carboxylic acids is 1. The molecule has 3 aliphatic heterocycles. The fourth-order valence-corrected chi connectivity index (χ4v) is 5.54. The molecule has 3 saturated heterocycles. The zero-order chi connectivity index (χ0) is 20.4. The van der Waals surface area contributed by atoms with Gasteiger partial charge in [0, 0.05) is 31.2 Å². The Balaban J connectivity index is 1.46. The van der Waals surface area contributed by atoms with E-state index in [1.807, 2.05) is 18.2 Å². The van der Waals surface area contributed by atoms with Gasteiger partial charge in [-0.25, -0.2) is 0 Å². The normalized spacial score (nSPS) is 27.0. The Hall–Kier alpha value is -1.79. The molecule has 0 bridgehead atoms. The molecule has 1 atom stereocenters. The van der Waals surface area contributed by atoms with Crippen LogP contribution in [0.4, 0.5) is 0 Å². The quantitative estimate of drug-likeness (QED) is 0.759. The van der Waals surface area contributed by atoms with Crippen LogP contribution in [-0.2, 0) is 11.3 Å². The number of methoxy groups -OCH3 is 2. The molecule has 0 N–H and O–H groups in total. The van der Waals surface area contributed by atoms with Crippen molar-refractivity contribution in [3.05, 3.63) is 23.8 Å². The number of nitrogens with zero attached hydrogens (tertiary/aromatic N) is 3. The molecule has 160 valence electrons. The van der Waals surface area contributed by atoms with E-state index in [-0.39, 0.29) is 5.41 Å². The number of carbonyl (C=O) groups is 1. The minimum absolute atomic E-state index is 0.187. The zero-order valence-corrected chi connectivity index (χ0v) is 18.2. The largest absolute Gasteiger partial charge is 0.493 e. The van der Waals surface area contributed by atoms with E-state index >= 15 is 0 Å². The van der Waals surface area contributed by atoms with E-state index in [1.54, 1.807) is 14.2 Å². The lowest BCUT2D eigenvalue weighted by Gasteiger charge is -2.41. The molecule has 1 spiro atoms. The van der Waals surface area contributed by atoms with Crippen molar-refractivity contribution in [3.63, 3.8) is 0 Å². The highest BCUT2D eigenvalue weighted by Gasteiger charge is 2.49. The van der Waals surface area contributed by atoms with E-state index in [0.717, 1.165) is 56.0 Å². The van der Waals surface area contributed by atoms with Crippen LogP contribution in [0.15, 0.2) is 18.2 Å². The second-order valence-corrected chi connectivity index (χ2v) is 9.02. The van der Waals surface area contributed by atoms with E-state index < -0.39 is 0 Å². The number of para-hydroxylation sites is 1. The first kappa shape index (κ1) is 20.5. The lowest BCUT2D eigenvalue weighted by molar-refractivity contribution is -0.146. The van der Waals surface area contributed by atoms with Crippen LogP contribution in [0.1, 0.15) is 37.7 Å². The molecule has 3 heterocycles. The predicted molar refractivity (Wildman–Crippen MR) is 113 cm³/mol. The summed E-state index contributed by atoms with van der Waals surface area (Å²) in [5.74, 6) is 1.80. The molecular formula is C23H35N3O3. The molecule has 1 aromatic rings. The molecule has 6 nitrogen and oxygen atoms in total. The molecular weight excluding hydrogens is 366 g/mol. The Labute approximate surface area is 174 Å². The van der Waals surface area contributed by atoms with Gasteiger partial charge >= 0.3 is 0 Å². The summed E-state index contributed by atoms with van der Waals surface area (Å²) in [4.78, 5) is 20.7. The summed E-state index contributed by atoms with van der Waals surface area (Å²) < 4.78 is 11.0. The Bertz CT molecular complexity index is 732. The van der Waals surface area contributed by atoms with Gasteiger partial charge in [0.2, 0.25) is 5.91 Å². The summed E-state index contributed by atoms with van der Waals surface area (Å²) in [6.45, 7) is 5.76. The number of amides is 1. The first-order valence-corrected chi connectivity index (χ1v) is 11.0. The first-order chi connectivity index (χ1) is 14.1. The molecule has 1 amide bonds. The van der Waals surface area contributed by atoms with Crippen LogP contribution in [-0.4, -0.2) is 80.6 Å². The topological polar surface area (TPSA) is 45.2 Å². The molecule has 3 fully saturated rings. The lowest BCUT2D eigenvalue weighted by Crippen LogP contribution is -2.51. The predicted octanol–water partition coefficient (Wildman–Crippen LogP) is 2.61. The molecule has 1 aromatic carbocycles. The number of hydrogen-bond donors (Lipinski definition) is 0. The highest BCUT2D eigenvalue weighted by Crippen LogP contribution is 2.42. The molecule has 6 heteroatoms. The molecule has 4 rings (SSSR count). The fourth-order valence-electron chi connectivity index (χ4n) is 5.54. The second-order valence-electron chi connectivity index (χ2n) is 9.02. The fraction of sp³-hybridized carbons (Fsp3) is 0.696. The minimum atomic E-state index is -0.187. The molecule has 0 aromatic heterocycles. The molecule has 0 saturated carbocycles. The average molecular weight is 402 g/mol. The maximum absolute atomic E-state index is 13.6. The third kappa shape index (κ3) is 3.97. The highest BCUT2D eigenvalue weighted by atomic mass is 16.5. The van der Waals surface area contributed by atoms with E-state index in [9.17, 15) is 4.79 Å². The molecule has 29 heavy (non-hydrogen) atoms. The summed E-state index contributed by atoms with van der Waals surface area (Å²) in [5.41, 5.74) is 0.829. The van der Waals surface area contributed by atoms with Crippen molar-refractivity contribution in [2.24, 2.45) is 5.41 Å². The van der Waals surface area contributed by atoms with Crippen molar-refractivity contribution in [1.29, 1.82) is 0 Å². The third-order valence-corrected chi connectivity index (χ3v) is 7.26. The summed E-state index contributed by atoms with van der Waals surface area (Å²) in [6.07, 6.45) is 5.57. The van der Waals surface area contributed by atoms with Crippen LogP contribution in [0, 0.1) is 5.41 Å². The van der Waals surface area contributed by atoms with Gasteiger partial charge in [-0.3, -0.25) is 9.69 Å². The van der Waals surface area contributed by atoms with Gasteiger partial charge in [0.15, 0.2) is 11.5 Å². The van der Waals surface area contributed by atoms with Crippen LogP contribution in [0.2, 0.25) is 0 Å². The van der Waals surface area contributed by atoms with Gasteiger partial charge in [-0.1, -0.05) is 12.1 Å². The molecule has 0 unspecified atom stereocenters. The Morgan fingerprint density at radius 1 is 1.07 bits per heavy atom. The maximum atomic E-state index is 13.6. The molecule has 3 aliphatic rings. The summed E-state index contributed by atoms with van der Waals surface area (Å²) in [5, 5.41) is 0. The number of piperidine rings is 2. The van der Waals surface area contributed by atoms with Crippen molar-refractivity contribution in [1.82, 2.24) is 14.7 Å². The van der Waals surface area contributed by atoms with Crippen LogP contribution in [0.25, 0.3) is 0 Å². The number of likely N-dealkylation sites (tertiary alicyclic amines) is 3. The van der Waals surface area contributed by atoms with Gasteiger partial charge in [0.05, 0.1) is 19.6 Å². The van der Waals surface area contributed by atoms with Crippen LogP contribution in [0.3, 0.4) is 0 Å². The van der Waals surface area contributed by atoms with E-state index in [0.29, 0.717) is 18.5 Å². The van der Waals surface area contributed by atoms with Gasteiger partial charge in [-0.15, -0.1) is 0 Å². The minimum Gasteiger partial charge on any atom is -0.493 e. The number of rotatable bonds is 5. The van der Waals surface area contributed by atoms with Gasteiger partial charge in [0.1, 0.15) is 0 Å². The molecule has 0 aliphatic carbocycles. The average Bonchev–Trinajstić information content (AvgIpc) is 3.16. The van der Waals surface area contributed by atoms with Gasteiger partial charge < -0.3 is 19.3 Å². The monoisotopic (exact) mass is 401 g/mol. The maximum Gasteiger partial charge on any atom is 0.230 e. The zero-order valence-electron chi connectivity index (χ0n) is 18.2. The summed E-state index contributed by atoms with van der Waals surface area (Å²) in [6, 6.07) is 6.55. The summed E-state index contributed by atoms with van der Waals surface area (Å²) >= 11 is 0. The standard InChI is InChI=1S/C23H35N3O3/c1-24-13-8-19(9-14-24)26-15-11-23(17-26)10-5-12-25(22(23)27)16-18-6-4-7-20(28-2)21(18)29-3/h4,6-7,19H,5,8-17H2,1-3H3/t23-/m0/s1. The Morgan fingerprint density at radius 3 is 2.59 bits per heavy atom. The Morgan fingerprint density at radius 2 is 1.86 bits per heavy atom. The second kappa shape index (κ2) is 8.52. The van der Waals surface area contributed by atoms with Crippen LogP contribution < -0.4 is 9.47 Å².